The van der Waals surface area contributed by atoms with Gasteiger partial charge in [-0.05, 0) is 73.3 Å². The molecule has 2 amide bonds. The van der Waals surface area contributed by atoms with Crippen molar-refractivity contribution in [3.05, 3.63) is 84.3 Å². The number of fused-ring (bicyclic) bond motifs is 2. The molecule has 0 aliphatic heterocycles. The molecule has 0 bridgehead atoms. The zero-order valence-electron chi connectivity index (χ0n) is 18.5. The van der Waals surface area contributed by atoms with Gasteiger partial charge in [0.25, 0.3) is 11.8 Å². The number of pyridine rings is 2. The Bertz CT molecular complexity index is 1230. The number of hydrogen-bond acceptors (Lipinski definition) is 4. The predicted molar refractivity (Wildman–Crippen MR) is 125 cm³/mol. The summed E-state index contributed by atoms with van der Waals surface area (Å²) in [5, 5.41) is 5.97. The number of amides is 2. The van der Waals surface area contributed by atoms with E-state index in [9.17, 15) is 9.59 Å². The summed E-state index contributed by atoms with van der Waals surface area (Å²) < 4.78 is 1.67. The van der Waals surface area contributed by atoms with Crippen molar-refractivity contribution in [2.24, 2.45) is 17.3 Å². The lowest BCUT2D eigenvalue weighted by Crippen LogP contribution is -2.37. The van der Waals surface area contributed by atoms with E-state index in [1.54, 1.807) is 35.0 Å². The fourth-order valence-corrected chi connectivity index (χ4v) is 5.11. The first-order valence-electron chi connectivity index (χ1n) is 11.4. The molecule has 3 aromatic heterocycles. The minimum absolute atomic E-state index is 0.0906. The van der Waals surface area contributed by atoms with Crippen molar-refractivity contribution in [2.45, 2.75) is 32.2 Å². The number of nitrogens with one attached hydrogen (secondary N) is 2. The van der Waals surface area contributed by atoms with Crippen LogP contribution in [0.1, 0.15) is 52.4 Å². The Labute approximate surface area is 192 Å². The average Bonchev–Trinajstić information content (AvgIpc) is 3.25. The van der Waals surface area contributed by atoms with Gasteiger partial charge in [-0.15, -0.1) is 5.73 Å². The third-order valence-corrected chi connectivity index (χ3v) is 6.88. The van der Waals surface area contributed by atoms with Crippen LogP contribution in [0.4, 0.5) is 0 Å². The third-order valence-electron chi connectivity index (χ3n) is 6.88. The van der Waals surface area contributed by atoms with Gasteiger partial charge in [-0.25, -0.2) is 4.98 Å². The summed E-state index contributed by atoms with van der Waals surface area (Å²) in [5.41, 5.74) is 5.01. The van der Waals surface area contributed by atoms with E-state index in [0.717, 1.165) is 36.8 Å². The van der Waals surface area contributed by atoms with Crippen LogP contribution in [0.3, 0.4) is 0 Å². The molecule has 2 fully saturated rings. The number of rotatable bonds is 8. The molecule has 3 heterocycles. The number of carbonyl (C=O) groups is 2. The third kappa shape index (κ3) is 4.45. The fraction of sp³-hybridized carbons (Fsp3) is 0.346. The molecule has 2 aliphatic rings. The molecule has 0 saturated heterocycles. The Balaban J connectivity index is 1.29. The van der Waals surface area contributed by atoms with Crippen LogP contribution in [0, 0.1) is 17.3 Å². The second-order valence-corrected chi connectivity index (χ2v) is 9.23. The van der Waals surface area contributed by atoms with Crippen LogP contribution in [0.5, 0.6) is 0 Å². The van der Waals surface area contributed by atoms with Gasteiger partial charge in [-0.1, -0.05) is 18.7 Å². The quantitative estimate of drug-likeness (QED) is 0.524. The summed E-state index contributed by atoms with van der Waals surface area (Å²) in [5.74, 6) is 1.14. The van der Waals surface area contributed by atoms with Crippen molar-refractivity contribution < 1.29 is 9.59 Å². The Morgan fingerprint density at radius 2 is 2.00 bits per heavy atom. The Hall–Kier alpha value is -3.70. The SMILES string of the molecule is C=C=CCC1(CNC(=O)c2cccc3nc(C(=O)NCc4ccccn4)cn23)CC2CC2C1. The summed E-state index contributed by atoms with van der Waals surface area (Å²) in [7, 11) is 0. The molecule has 2 aliphatic carbocycles. The second-order valence-electron chi connectivity index (χ2n) is 9.23. The fourth-order valence-electron chi connectivity index (χ4n) is 5.11. The first kappa shape index (κ1) is 21.2. The standard InChI is InChI=1S/C26H27N5O2/c1-2-3-10-26(13-18-12-19(18)14-26)17-29-25(33)22-8-6-9-23-30-21(16-31(22)23)24(32)28-15-20-7-4-5-11-27-20/h3-9,11,16,18-19H,1,10,12-15,17H2,(H,28,32)(H,29,33). The van der Waals surface area contributed by atoms with E-state index >= 15 is 0 Å². The van der Waals surface area contributed by atoms with Crippen LogP contribution < -0.4 is 10.6 Å². The topological polar surface area (TPSA) is 88.4 Å². The van der Waals surface area contributed by atoms with Gasteiger partial charge in [0.1, 0.15) is 17.0 Å². The number of hydrogen-bond donors (Lipinski definition) is 2. The summed E-state index contributed by atoms with van der Waals surface area (Å²) in [6.45, 7) is 4.63. The highest BCUT2D eigenvalue weighted by atomic mass is 16.2. The summed E-state index contributed by atoms with van der Waals surface area (Å²) in [6, 6.07) is 10.9. The Kier molecular flexibility index (Phi) is 5.56. The number of aromatic nitrogens is 3. The zero-order valence-corrected chi connectivity index (χ0v) is 18.5. The Morgan fingerprint density at radius 3 is 2.76 bits per heavy atom. The van der Waals surface area contributed by atoms with E-state index in [1.165, 1.54) is 6.42 Å². The molecule has 7 heteroatoms. The highest BCUT2D eigenvalue weighted by Crippen LogP contribution is 2.61. The van der Waals surface area contributed by atoms with Crippen molar-refractivity contribution in [1.29, 1.82) is 0 Å². The number of imidazole rings is 1. The normalized spacial score (nSPS) is 22.9. The van der Waals surface area contributed by atoms with Crippen molar-refractivity contribution in [1.82, 2.24) is 25.0 Å². The minimum Gasteiger partial charge on any atom is -0.350 e. The van der Waals surface area contributed by atoms with E-state index in [1.807, 2.05) is 24.3 Å². The number of allylic oxidation sites excluding steroid dienone is 1. The summed E-state index contributed by atoms with van der Waals surface area (Å²) >= 11 is 0. The molecule has 0 aromatic carbocycles. The molecule has 168 valence electrons. The van der Waals surface area contributed by atoms with Crippen LogP contribution >= 0.6 is 0 Å². The van der Waals surface area contributed by atoms with Crippen molar-refractivity contribution >= 4 is 17.5 Å². The molecule has 5 rings (SSSR count). The van der Waals surface area contributed by atoms with Crippen molar-refractivity contribution in [3.8, 4) is 0 Å². The smallest absolute Gasteiger partial charge is 0.271 e. The lowest BCUT2D eigenvalue weighted by molar-refractivity contribution is 0.0917. The van der Waals surface area contributed by atoms with Gasteiger partial charge in [0.2, 0.25) is 0 Å². The molecule has 2 saturated carbocycles. The predicted octanol–water partition coefficient (Wildman–Crippen LogP) is 3.54. The molecule has 3 aromatic rings. The minimum atomic E-state index is -0.309. The van der Waals surface area contributed by atoms with Crippen molar-refractivity contribution in [3.63, 3.8) is 0 Å². The monoisotopic (exact) mass is 441 g/mol. The van der Waals surface area contributed by atoms with E-state index < -0.39 is 0 Å². The molecule has 7 nitrogen and oxygen atoms in total. The first-order chi connectivity index (χ1) is 16.1. The molecular weight excluding hydrogens is 414 g/mol. The first-order valence-corrected chi connectivity index (χ1v) is 11.4. The van der Waals surface area contributed by atoms with E-state index in [2.05, 4.69) is 32.9 Å². The lowest BCUT2D eigenvalue weighted by atomic mass is 9.79. The van der Waals surface area contributed by atoms with Crippen LogP contribution in [-0.4, -0.2) is 32.7 Å². The highest BCUT2D eigenvalue weighted by Gasteiger charge is 2.53. The van der Waals surface area contributed by atoms with Gasteiger partial charge in [0.05, 0.1) is 12.2 Å². The summed E-state index contributed by atoms with van der Waals surface area (Å²) in [4.78, 5) is 34.3. The number of carbonyl (C=O) groups excluding carboxylic acids is 2. The molecule has 33 heavy (non-hydrogen) atoms. The van der Waals surface area contributed by atoms with Crippen LogP contribution in [0.15, 0.2) is 67.2 Å². The maximum atomic E-state index is 13.1. The number of nitrogens with zero attached hydrogens (tertiary/aromatic N) is 3. The van der Waals surface area contributed by atoms with Gasteiger partial charge in [0.15, 0.2) is 0 Å². The van der Waals surface area contributed by atoms with Gasteiger partial charge >= 0.3 is 0 Å². The van der Waals surface area contributed by atoms with Crippen LogP contribution in [0.2, 0.25) is 0 Å². The molecule has 2 atom stereocenters. The molecule has 2 unspecified atom stereocenters. The largest absolute Gasteiger partial charge is 0.350 e. The van der Waals surface area contributed by atoms with Gasteiger partial charge in [-0.2, -0.15) is 0 Å². The second kappa shape index (κ2) is 8.68. The maximum Gasteiger partial charge on any atom is 0.271 e. The average molecular weight is 442 g/mol. The van der Waals surface area contributed by atoms with Crippen molar-refractivity contribution in [2.75, 3.05) is 6.54 Å². The van der Waals surface area contributed by atoms with Crippen LogP contribution in [-0.2, 0) is 6.54 Å². The highest BCUT2D eigenvalue weighted by molar-refractivity contribution is 5.95. The van der Waals surface area contributed by atoms with Gasteiger partial charge < -0.3 is 10.6 Å². The maximum absolute atomic E-state index is 13.1. The van der Waals surface area contributed by atoms with E-state index in [-0.39, 0.29) is 22.9 Å². The van der Waals surface area contributed by atoms with Gasteiger partial charge in [-0.3, -0.25) is 19.0 Å². The molecule has 2 N–H and O–H groups in total. The Morgan fingerprint density at radius 1 is 1.15 bits per heavy atom. The van der Waals surface area contributed by atoms with E-state index in [0.29, 0.717) is 24.4 Å². The molecule has 0 radical (unpaired) electrons. The summed E-state index contributed by atoms with van der Waals surface area (Å²) in [6.07, 6.45) is 9.79. The molecular formula is C26H27N5O2. The zero-order chi connectivity index (χ0) is 22.8. The molecule has 0 spiro atoms. The van der Waals surface area contributed by atoms with Gasteiger partial charge in [0, 0.05) is 18.9 Å². The lowest BCUT2D eigenvalue weighted by Gasteiger charge is -2.30. The van der Waals surface area contributed by atoms with Crippen LogP contribution in [0.25, 0.3) is 5.65 Å². The van der Waals surface area contributed by atoms with E-state index in [4.69, 9.17) is 0 Å².